The highest BCUT2D eigenvalue weighted by Gasteiger charge is 2.50. The lowest BCUT2D eigenvalue weighted by Gasteiger charge is -2.60. The number of rotatable bonds is 0. The van der Waals surface area contributed by atoms with E-state index in [9.17, 15) is 5.21 Å². The van der Waals surface area contributed by atoms with Gasteiger partial charge in [0.05, 0.1) is 19.1 Å². The molecule has 0 aromatic heterocycles. The predicted molar refractivity (Wildman–Crippen MR) is 50.3 cm³/mol. The van der Waals surface area contributed by atoms with E-state index >= 15 is 0 Å². The molecule has 1 heterocycles. The minimum atomic E-state index is -0.370. The zero-order valence-electron chi connectivity index (χ0n) is 8.55. The van der Waals surface area contributed by atoms with Gasteiger partial charge >= 0.3 is 0 Å². The fourth-order valence-corrected chi connectivity index (χ4v) is 1.87. The first-order chi connectivity index (χ1) is 5.21. The highest BCUT2D eigenvalue weighted by Crippen LogP contribution is 2.38. The summed E-state index contributed by atoms with van der Waals surface area (Å²) < 4.78 is -0.208. The van der Waals surface area contributed by atoms with Crippen molar-refractivity contribution in [3.63, 3.8) is 0 Å². The van der Waals surface area contributed by atoms with E-state index in [1.54, 1.807) is 7.05 Å². The predicted octanol–water partition coefficient (Wildman–Crippen LogP) is 1.22. The van der Waals surface area contributed by atoms with Gasteiger partial charge in [-0.05, 0) is 33.6 Å². The number of piperidine rings is 1. The molecule has 3 nitrogen and oxygen atoms in total. The van der Waals surface area contributed by atoms with Crippen molar-refractivity contribution in [3.8, 4) is 0 Å². The molecule has 1 aliphatic heterocycles. The summed E-state index contributed by atoms with van der Waals surface area (Å²) in [6.45, 7) is 6.62. The summed E-state index contributed by atoms with van der Waals surface area (Å²) >= 11 is 0. The summed E-state index contributed by atoms with van der Waals surface area (Å²) in [5, 5.41) is 12.0. The van der Waals surface area contributed by atoms with E-state index in [4.69, 9.17) is 5.73 Å². The van der Waals surface area contributed by atoms with Crippen molar-refractivity contribution in [3.05, 3.63) is 5.21 Å². The van der Waals surface area contributed by atoms with Crippen LogP contribution in [-0.2, 0) is 0 Å². The van der Waals surface area contributed by atoms with Gasteiger partial charge in [0.1, 0.15) is 5.54 Å². The minimum Gasteiger partial charge on any atom is -0.633 e. The lowest BCUT2D eigenvalue weighted by atomic mass is 9.74. The normalized spacial score (nSPS) is 47.5. The molecule has 0 spiro atoms. The maximum Gasteiger partial charge on any atom is 0.111 e. The van der Waals surface area contributed by atoms with Crippen molar-refractivity contribution < 1.29 is 4.65 Å². The van der Waals surface area contributed by atoms with Crippen LogP contribution in [0.2, 0.25) is 0 Å². The molecular formula is C9H20N2O. The summed E-state index contributed by atoms with van der Waals surface area (Å²) in [4.78, 5) is 0. The summed E-state index contributed by atoms with van der Waals surface area (Å²) in [6, 6.07) is 0. The molecule has 0 bridgehead atoms. The number of hydrogen-bond acceptors (Lipinski definition) is 2. The smallest absolute Gasteiger partial charge is 0.111 e. The average molecular weight is 172 g/mol. The SMILES string of the molecule is CC1(N)CCC[N+](C)([O-])C1(C)C. The molecule has 2 unspecified atom stereocenters. The molecule has 1 saturated heterocycles. The molecule has 0 aliphatic carbocycles. The van der Waals surface area contributed by atoms with E-state index in [-0.39, 0.29) is 15.7 Å². The van der Waals surface area contributed by atoms with Crippen LogP contribution in [0.4, 0.5) is 0 Å². The van der Waals surface area contributed by atoms with E-state index in [0.29, 0.717) is 6.54 Å². The van der Waals surface area contributed by atoms with Gasteiger partial charge in [-0.15, -0.1) is 0 Å². The van der Waals surface area contributed by atoms with Crippen LogP contribution in [0, 0.1) is 5.21 Å². The van der Waals surface area contributed by atoms with Gasteiger partial charge in [-0.3, -0.25) is 0 Å². The molecular weight excluding hydrogens is 152 g/mol. The van der Waals surface area contributed by atoms with Gasteiger partial charge < -0.3 is 15.6 Å². The second-order valence-electron chi connectivity index (χ2n) is 4.90. The molecule has 0 radical (unpaired) electrons. The van der Waals surface area contributed by atoms with Gasteiger partial charge in [-0.25, -0.2) is 0 Å². The van der Waals surface area contributed by atoms with Crippen molar-refractivity contribution in [1.29, 1.82) is 0 Å². The second kappa shape index (κ2) is 2.44. The molecule has 1 fully saturated rings. The van der Waals surface area contributed by atoms with Crippen molar-refractivity contribution in [1.82, 2.24) is 0 Å². The lowest BCUT2D eigenvalue weighted by molar-refractivity contribution is -0.920. The van der Waals surface area contributed by atoms with Crippen LogP contribution in [0.1, 0.15) is 33.6 Å². The van der Waals surface area contributed by atoms with E-state index in [1.165, 1.54) is 0 Å². The molecule has 0 aromatic carbocycles. The van der Waals surface area contributed by atoms with Crippen LogP contribution >= 0.6 is 0 Å². The van der Waals surface area contributed by atoms with Crippen LogP contribution in [0.25, 0.3) is 0 Å². The van der Waals surface area contributed by atoms with Crippen molar-refractivity contribution in [2.24, 2.45) is 5.73 Å². The number of likely N-dealkylation sites (tertiary alicyclic amines) is 1. The first-order valence-electron chi connectivity index (χ1n) is 4.56. The molecule has 2 N–H and O–H groups in total. The molecule has 0 saturated carbocycles. The topological polar surface area (TPSA) is 49.1 Å². The van der Waals surface area contributed by atoms with E-state index < -0.39 is 0 Å². The number of nitrogens with two attached hydrogens (primary N) is 1. The molecule has 72 valence electrons. The largest absolute Gasteiger partial charge is 0.633 e. The number of hydroxylamine groups is 3. The van der Waals surface area contributed by atoms with Crippen LogP contribution < -0.4 is 5.73 Å². The van der Waals surface area contributed by atoms with Crippen molar-refractivity contribution in [2.75, 3.05) is 13.6 Å². The summed E-state index contributed by atoms with van der Waals surface area (Å²) in [5.74, 6) is 0. The molecule has 2 atom stereocenters. The highest BCUT2D eigenvalue weighted by molar-refractivity contribution is 4.98. The molecule has 1 aliphatic rings. The maximum atomic E-state index is 12.0. The second-order valence-corrected chi connectivity index (χ2v) is 4.90. The Bertz CT molecular complexity index is 167. The summed E-state index contributed by atoms with van der Waals surface area (Å²) in [5.41, 5.74) is 5.41. The zero-order chi connectivity index (χ0) is 9.62. The maximum absolute atomic E-state index is 12.0. The third-order valence-electron chi connectivity index (χ3n) is 3.86. The van der Waals surface area contributed by atoms with Crippen molar-refractivity contribution in [2.45, 2.75) is 44.7 Å². The van der Waals surface area contributed by atoms with Gasteiger partial charge in [0, 0.05) is 0 Å². The number of quaternary nitrogens is 1. The first-order valence-corrected chi connectivity index (χ1v) is 4.56. The summed E-state index contributed by atoms with van der Waals surface area (Å²) in [7, 11) is 1.73. The van der Waals surface area contributed by atoms with Gasteiger partial charge in [-0.2, -0.15) is 0 Å². The number of nitrogens with zero attached hydrogens (tertiary/aromatic N) is 1. The molecule has 0 aromatic rings. The van der Waals surface area contributed by atoms with Crippen molar-refractivity contribution >= 4 is 0 Å². The molecule has 1 rings (SSSR count). The lowest BCUT2D eigenvalue weighted by Crippen LogP contribution is -2.72. The Kier molecular flexibility index (Phi) is 2.02. The van der Waals surface area contributed by atoms with Crippen LogP contribution in [0.15, 0.2) is 0 Å². The summed E-state index contributed by atoms with van der Waals surface area (Å²) in [6.07, 6.45) is 1.90. The fraction of sp³-hybridized carbons (Fsp3) is 1.00. The zero-order valence-corrected chi connectivity index (χ0v) is 8.55. The third kappa shape index (κ3) is 1.16. The Balaban J connectivity index is 2.99. The fourth-order valence-electron chi connectivity index (χ4n) is 1.87. The average Bonchev–Trinajstić information content (AvgIpc) is 1.83. The van der Waals surface area contributed by atoms with Gasteiger partial charge in [0.25, 0.3) is 0 Å². The number of likely N-dealkylation sites (N-methyl/N-ethyl adjacent to an activating group) is 1. The quantitative estimate of drug-likeness (QED) is 0.441. The van der Waals surface area contributed by atoms with Crippen LogP contribution in [0.3, 0.4) is 0 Å². The molecule has 12 heavy (non-hydrogen) atoms. The Morgan fingerprint density at radius 2 is 1.83 bits per heavy atom. The minimum absolute atomic E-state index is 0.208. The van der Waals surface area contributed by atoms with E-state index in [1.807, 2.05) is 20.8 Å². The Hall–Kier alpha value is -0.120. The van der Waals surface area contributed by atoms with E-state index in [2.05, 4.69) is 0 Å². The molecule has 3 heteroatoms. The molecule has 0 amide bonds. The number of hydrogen-bond donors (Lipinski definition) is 1. The Morgan fingerprint density at radius 3 is 2.17 bits per heavy atom. The van der Waals surface area contributed by atoms with Crippen LogP contribution in [0.5, 0.6) is 0 Å². The van der Waals surface area contributed by atoms with Gasteiger partial charge in [0.2, 0.25) is 0 Å². The third-order valence-corrected chi connectivity index (χ3v) is 3.86. The van der Waals surface area contributed by atoms with Gasteiger partial charge in [-0.1, -0.05) is 0 Å². The van der Waals surface area contributed by atoms with Crippen LogP contribution in [-0.4, -0.2) is 29.3 Å². The van der Waals surface area contributed by atoms with Gasteiger partial charge in [0.15, 0.2) is 0 Å². The monoisotopic (exact) mass is 172 g/mol. The highest BCUT2D eigenvalue weighted by atomic mass is 16.5. The van der Waals surface area contributed by atoms with E-state index in [0.717, 1.165) is 12.8 Å². The standard InChI is InChI=1S/C9H20N2O/c1-8(2)9(3,10)6-5-7-11(8,4)12/h5-7,10H2,1-4H3. The first kappa shape index (κ1) is 9.96. The Morgan fingerprint density at radius 1 is 1.33 bits per heavy atom. The Labute approximate surface area is 74.7 Å².